The van der Waals surface area contributed by atoms with Gasteiger partial charge >= 0.3 is 12.1 Å². The average Bonchev–Trinajstić information content (AvgIpc) is 3.19. The molecule has 4 aromatic carbocycles. The number of nitrogens with zero attached hydrogens (tertiary/aromatic N) is 1. The molecule has 0 radical (unpaired) electrons. The van der Waals surface area contributed by atoms with Crippen LogP contribution in [0.4, 0.5) is 24.5 Å². The van der Waals surface area contributed by atoms with E-state index in [0.29, 0.717) is 33.5 Å². The molecule has 1 amide bonds. The monoisotopic (exact) mass is 646 g/mol. The number of fused-ring (bicyclic) bond motifs is 1. The van der Waals surface area contributed by atoms with Crippen molar-refractivity contribution in [3.8, 4) is 11.5 Å². The van der Waals surface area contributed by atoms with Gasteiger partial charge in [-0.15, -0.1) is 0 Å². The number of nitrogens with one attached hydrogen (secondary N) is 1. The van der Waals surface area contributed by atoms with Crippen LogP contribution in [-0.2, 0) is 16.2 Å². The molecule has 4 aromatic rings. The Labute approximate surface area is 269 Å². The Balaban J connectivity index is 1.49. The summed E-state index contributed by atoms with van der Waals surface area (Å²) in [5.41, 5.74) is 2.96. The predicted octanol–water partition coefficient (Wildman–Crippen LogP) is 8.78. The van der Waals surface area contributed by atoms with Crippen LogP contribution >= 0.6 is 11.6 Å². The van der Waals surface area contributed by atoms with E-state index in [1.807, 2.05) is 42.5 Å². The van der Waals surface area contributed by atoms with E-state index >= 15 is 0 Å². The molecule has 0 fully saturated rings. The molecule has 10 heteroatoms. The number of carbonyl (C=O) groups is 2. The number of para-hydroxylation sites is 2. The van der Waals surface area contributed by atoms with Crippen molar-refractivity contribution in [2.75, 3.05) is 16.8 Å². The molecule has 0 saturated carbocycles. The minimum absolute atomic E-state index is 0.00862. The van der Waals surface area contributed by atoms with Gasteiger partial charge in [-0.05, 0) is 72.4 Å². The van der Waals surface area contributed by atoms with Crippen LogP contribution < -0.4 is 19.7 Å². The van der Waals surface area contributed by atoms with Crippen molar-refractivity contribution in [2.24, 2.45) is 0 Å². The number of alkyl halides is 3. The first-order valence-electron chi connectivity index (χ1n) is 14.9. The summed E-state index contributed by atoms with van der Waals surface area (Å²) in [6.45, 7) is 2.20. The van der Waals surface area contributed by atoms with Crippen LogP contribution in [0.25, 0.3) is 0 Å². The Morgan fingerprint density at radius 3 is 2.33 bits per heavy atom. The number of anilines is 2. The quantitative estimate of drug-likeness (QED) is 0.217. The molecule has 0 unspecified atom stereocenters. The normalized spacial score (nSPS) is 17.8. The maximum atomic E-state index is 14.3. The SMILES string of the molecule is CCOc1cc([C@@H]2C3=C(C[C@@H](c4ccccc4)CC3=O)Nc3ccccc3N2C(=O)C(F)(F)F)ccc1OCc1ccc(Cl)cc1. The Morgan fingerprint density at radius 1 is 0.891 bits per heavy atom. The van der Waals surface area contributed by atoms with E-state index in [4.69, 9.17) is 21.1 Å². The fourth-order valence-corrected chi connectivity index (χ4v) is 6.18. The highest BCUT2D eigenvalue weighted by Crippen LogP contribution is 2.49. The van der Waals surface area contributed by atoms with Gasteiger partial charge in [-0.25, -0.2) is 0 Å². The lowest BCUT2D eigenvalue weighted by Gasteiger charge is -2.35. The predicted molar refractivity (Wildman–Crippen MR) is 170 cm³/mol. The third-order valence-corrected chi connectivity index (χ3v) is 8.36. The van der Waals surface area contributed by atoms with Crippen molar-refractivity contribution < 1.29 is 32.2 Å². The molecule has 1 aliphatic heterocycles. The van der Waals surface area contributed by atoms with E-state index < -0.39 is 18.1 Å². The zero-order chi connectivity index (χ0) is 32.4. The largest absolute Gasteiger partial charge is 0.490 e. The molecular formula is C36H30ClF3N2O4. The summed E-state index contributed by atoms with van der Waals surface area (Å²) < 4.78 is 54.9. The molecule has 2 atom stereocenters. The first-order valence-corrected chi connectivity index (χ1v) is 15.2. The van der Waals surface area contributed by atoms with E-state index in [1.54, 1.807) is 55.5 Å². The minimum atomic E-state index is -5.22. The topological polar surface area (TPSA) is 67.9 Å². The van der Waals surface area contributed by atoms with E-state index in [-0.39, 0.29) is 53.9 Å². The molecule has 1 aliphatic carbocycles. The standard InChI is InChI=1S/C36H30ClF3N2O4/c1-2-45-32-20-24(14-17-31(32)46-21-22-12-15-26(37)16-13-22)34-33-28(18-25(19-30(33)43)23-8-4-3-5-9-23)41-27-10-6-7-11-29(27)42(34)35(44)36(38,39)40/h3-17,20,25,34,41H,2,18-19,21H2,1H3/t25-,34-/m1/s1. The van der Waals surface area contributed by atoms with Crippen molar-refractivity contribution >= 4 is 34.7 Å². The van der Waals surface area contributed by atoms with Crippen molar-refractivity contribution in [1.82, 2.24) is 0 Å². The fourth-order valence-electron chi connectivity index (χ4n) is 6.05. The Kier molecular flexibility index (Phi) is 8.77. The third-order valence-electron chi connectivity index (χ3n) is 8.11. The highest BCUT2D eigenvalue weighted by molar-refractivity contribution is 6.30. The van der Waals surface area contributed by atoms with Gasteiger partial charge in [-0.3, -0.25) is 14.5 Å². The zero-order valence-corrected chi connectivity index (χ0v) is 25.6. The Hall–Kier alpha value is -4.76. The number of carbonyl (C=O) groups excluding carboxylic acids is 2. The summed E-state index contributed by atoms with van der Waals surface area (Å²) in [4.78, 5) is 28.1. The summed E-state index contributed by atoms with van der Waals surface area (Å²) >= 11 is 6.00. The number of amides is 1. The number of hydrogen-bond acceptors (Lipinski definition) is 5. The molecule has 1 N–H and O–H groups in total. The lowest BCUT2D eigenvalue weighted by atomic mass is 9.78. The second kappa shape index (κ2) is 12.9. The number of halogens is 4. The molecule has 236 valence electrons. The average molecular weight is 647 g/mol. The summed E-state index contributed by atoms with van der Waals surface area (Å²) in [6, 6.07) is 26.3. The molecule has 2 aliphatic rings. The van der Waals surface area contributed by atoms with Crippen LogP contribution in [0.15, 0.2) is 108 Å². The maximum absolute atomic E-state index is 14.3. The number of rotatable bonds is 7. The van der Waals surface area contributed by atoms with Crippen LogP contribution in [0.2, 0.25) is 5.02 Å². The molecule has 0 spiro atoms. The molecule has 0 bridgehead atoms. The Bertz CT molecular complexity index is 1790. The van der Waals surface area contributed by atoms with E-state index in [0.717, 1.165) is 11.1 Å². The molecule has 0 saturated heterocycles. The lowest BCUT2D eigenvalue weighted by molar-refractivity contribution is -0.170. The number of ether oxygens (including phenoxy) is 2. The molecule has 6 nitrogen and oxygen atoms in total. The van der Waals surface area contributed by atoms with Crippen LogP contribution in [-0.4, -0.2) is 24.5 Å². The number of hydrogen-bond donors (Lipinski definition) is 1. The molecule has 46 heavy (non-hydrogen) atoms. The number of allylic oxidation sites excluding steroid dienone is 1. The fraction of sp³-hybridized carbons (Fsp3) is 0.222. The molecule has 6 rings (SSSR count). The van der Waals surface area contributed by atoms with E-state index in [9.17, 15) is 22.8 Å². The van der Waals surface area contributed by atoms with Crippen molar-refractivity contribution in [1.29, 1.82) is 0 Å². The first-order chi connectivity index (χ1) is 22.1. The van der Waals surface area contributed by atoms with Gasteiger partial charge in [-0.1, -0.05) is 72.3 Å². The van der Waals surface area contributed by atoms with Crippen LogP contribution in [0.3, 0.4) is 0 Å². The van der Waals surface area contributed by atoms with Crippen LogP contribution in [0.1, 0.15) is 48.4 Å². The van der Waals surface area contributed by atoms with Crippen molar-refractivity contribution in [3.63, 3.8) is 0 Å². The summed E-state index contributed by atoms with van der Waals surface area (Å²) in [5.74, 6) is -2.00. The second-order valence-electron chi connectivity index (χ2n) is 11.1. The van der Waals surface area contributed by atoms with Gasteiger partial charge in [0.15, 0.2) is 17.3 Å². The van der Waals surface area contributed by atoms with Gasteiger partial charge in [0.05, 0.1) is 24.0 Å². The Morgan fingerprint density at radius 2 is 1.61 bits per heavy atom. The van der Waals surface area contributed by atoms with Gasteiger partial charge < -0.3 is 14.8 Å². The van der Waals surface area contributed by atoms with E-state index in [2.05, 4.69) is 5.32 Å². The zero-order valence-electron chi connectivity index (χ0n) is 24.8. The molecule has 0 aromatic heterocycles. The number of benzene rings is 4. The van der Waals surface area contributed by atoms with E-state index in [1.165, 1.54) is 6.07 Å². The first kappa shape index (κ1) is 31.2. The molecule has 1 heterocycles. The smallest absolute Gasteiger partial charge is 0.471 e. The number of ketones is 1. The van der Waals surface area contributed by atoms with Gasteiger partial charge in [-0.2, -0.15) is 13.2 Å². The third kappa shape index (κ3) is 6.33. The highest BCUT2D eigenvalue weighted by atomic mass is 35.5. The van der Waals surface area contributed by atoms with Crippen LogP contribution in [0, 0.1) is 0 Å². The summed E-state index contributed by atoms with van der Waals surface area (Å²) in [6.07, 6.45) is -4.78. The second-order valence-corrected chi connectivity index (χ2v) is 11.5. The van der Waals surface area contributed by atoms with Crippen molar-refractivity contribution in [2.45, 2.75) is 44.5 Å². The summed E-state index contributed by atoms with van der Waals surface area (Å²) in [5, 5.41) is 3.84. The number of Topliss-reactive ketones (excluding diaryl/α,β-unsaturated/α-hetero) is 1. The van der Waals surface area contributed by atoms with Gasteiger partial charge in [0.25, 0.3) is 0 Å². The van der Waals surface area contributed by atoms with Gasteiger partial charge in [0.2, 0.25) is 0 Å². The van der Waals surface area contributed by atoms with Gasteiger partial charge in [0, 0.05) is 22.7 Å². The highest BCUT2D eigenvalue weighted by Gasteiger charge is 2.50. The van der Waals surface area contributed by atoms with Crippen molar-refractivity contribution in [3.05, 3.63) is 130 Å². The van der Waals surface area contributed by atoms with Crippen LogP contribution in [0.5, 0.6) is 11.5 Å². The summed E-state index contributed by atoms with van der Waals surface area (Å²) in [7, 11) is 0. The maximum Gasteiger partial charge on any atom is 0.471 e. The molecular weight excluding hydrogens is 617 g/mol. The van der Waals surface area contributed by atoms with Gasteiger partial charge in [0.1, 0.15) is 6.61 Å². The lowest BCUT2D eigenvalue weighted by Crippen LogP contribution is -2.45. The minimum Gasteiger partial charge on any atom is -0.490 e.